The van der Waals surface area contributed by atoms with Crippen molar-refractivity contribution in [3.63, 3.8) is 0 Å². The van der Waals surface area contributed by atoms with Crippen LogP contribution in [0.25, 0.3) is 0 Å². The number of benzene rings is 2. The Labute approximate surface area is 162 Å². The minimum absolute atomic E-state index is 0.0503. The van der Waals surface area contributed by atoms with Gasteiger partial charge in [0.2, 0.25) is 0 Å². The van der Waals surface area contributed by atoms with E-state index in [0.717, 1.165) is 18.8 Å². The van der Waals surface area contributed by atoms with Crippen molar-refractivity contribution in [2.75, 3.05) is 26.2 Å². The van der Waals surface area contributed by atoms with Gasteiger partial charge in [-0.3, -0.25) is 9.69 Å². The van der Waals surface area contributed by atoms with Crippen LogP contribution in [0.4, 0.5) is 0 Å². The Morgan fingerprint density at radius 1 is 1.11 bits per heavy atom. The van der Waals surface area contributed by atoms with Gasteiger partial charge in [0, 0.05) is 12.1 Å². The second kappa shape index (κ2) is 9.56. The Morgan fingerprint density at radius 2 is 1.85 bits per heavy atom. The molecule has 1 fully saturated rings. The van der Waals surface area contributed by atoms with Crippen LogP contribution in [0, 0.1) is 6.92 Å². The van der Waals surface area contributed by atoms with E-state index in [-0.39, 0.29) is 11.9 Å². The van der Waals surface area contributed by atoms with Crippen molar-refractivity contribution >= 4 is 5.91 Å². The maximum Gasteiger partial charge on any atom is 0.251 e. The SMILES string of the molecule is CCOc1cccc(C(=O)NC[C@@H](c2ccc(C)cc2)N2CCCCC2)c1. The first-order valence-corrected chi connectivity index (χ1v) is 9.99. The summed E-state index contributed by atoms with van der Waals surface area (Å²) in [6.07, 6.45) is 3.76. The van der Waals surface area contributed by atoms with Crippen LogP contribution in [0.2, 0.25) is 0 Å². The highest BCUT2D eigenvalue weighted by Gasteiger charge is 2.23. The first-order chi connectivity index (χ1) is 13.2. The molecule has 4 heteroatoms. The minimum atomic E-state index is -0.0503. The average molecular weight is 367 g/mol. The van der Waals surface area contributed by atoms with Crippen LogP contribution in [0.15, 0.2) is 48.5 Å². The maximum atomic E-state index is 12.7. The lowest BCUT2D eigenvalue weighted by Gasteiger charge is -2.35. The summed E-state index contributed by atoms with van der Waals surface area (Å²) in [5, 5.41) is 3.14. The van der Waals surface area contributed by atoms with Gasteiger partial charge in [0.05, 0.1) is 12.6 Å². The summed E-state index contributed by atoms with van der Waals surface area (Å²) in [6, 6.07) is 16.3. The molecule has 4 nitrogen and oxygen atoms in total. The molecule has 3 rings (SSSR count). The number of nitrogens with zero attached hydrogens (tertiary/aromatic N) is 1. The van der Waals surface area contributed by atoms with Crippen LogP contribution in [0.5, 0.6) is 5.75 Å². The summed E-state index contributed by atoms with van der Waals surface area (Å²) in [7, 11) is 0. The lowest BCUT2D eigenvalue weighted by molar-refractivity contribution is 0.0924. The summed E-state index contributed by atoms with van der Waals surface area (Å²) in [5.41, 5.74) is 3.17. The van der Waals surface area contributed by atoms with E-state index in [2.05, 4.69) is 41.4 Å². The molecule has 0 aliphatic carbocycles. The minimum Gasteiger partial charge on any atom is -0.494 e. The van der Waals surface area contributed by atoms with Crippen molar-refractivity contribution in [2.45, 2.75) is 39.2 Å². The third kappa shape index (κ3) is 5.33. The van der Waals surface area contributed by atoms with Crippen LogP contribution in [0.3, 0.4) is 0 Å². The van der Waals surface area contributed by atoms with Crippen LogP contribution >= 0.6 is 0 Å². The van der Waals surface area contributed by atoms with E-state index in [1.807, 2.05) is 25.1 Å². The highest BCUT2D eigenvalue weighted by molar-refractivity contribution is 5.94. The fourth-order valence-electron chi connectivity index (χ4n) is 3.66. The Morgan fingerprint density at radius 3 is 2.56 bits per heavy atom. The first kappa shape index (κ1) is 19.4. The van der Waals surface area contributed by atoms with Crippen molar-refractivity contribution in [3.05, 3.63) is 65.2 Å². The van der Waals surface area contributed by atoms with Gasteiger partial charge in [0.15, 0.2) is 0 Å². The quantitative estimate of drug-likeness (QED) is 0.792. The van der Waals surface area contributed by atoms with Gasteiger partial charge in [0.1, 0.15) is 5.75 Å². The van der Waals surface area contributed by atoms with E-state index in [1.54, 1.807) is 6.07 Å². The number of piperidine rings is 1. The van der Waals surface area contributed by atoms with Crippen molar-refractivity contribution in [2.24, 2.45) is 0 Å². The number of hydrogen-bond donors (Lipinski definition) is 1. The molecule has 27 heavy (non-hydrogen) atoms. The molecule has 2 aromatic carbocycles. The lowest BCUT2D eigenvalue weighted by Crippen LogP contribution is -2.40. The van der Waals surface area contributed by atoms with Gasteiger partial charge in [-0.15, -0.1) is 0 Å². The molecule has 0 bridgehead atoms. The smallest absolute Gasteiger partial charge is 0.251 e. The Balaban J connectivity index is 1.71. The zero-order valence-electron chi connectivity index (χ0n) is 16.4. The van der Waals surface area contributed by atoms with Crippen LogP contribution < -0.4 is 10.1 Å². The number of aryl methyl sites for hydroxylation is 1. The molecule has 1 atom stereocenters. The van der Waals surface area contributed by atoms with Crippen molar-refractivity contribution in [3.8, 4) is 5.75 Å². The van der Waals surface area contributed by atoms with E-state index in [9.17, 15) is 4.79 Å². The molecule has 0 radical (unpaired) electrons. The second-order valence-corrected chi connectivity index (χ2v) is 7.19. The number of hydrogen-bond acceptors (Lipinski definition) is 3. The van der Waals surface area contributed by atoms with Gasteiger partial charge in [0.25, 0.3) is 5.91 Å². The number of ether oxygens (including phenoxy) is 1. The Bertz CT molecular complexity index is 736. The normalized spacial score (nSPS) is 15.9. The van der Waals surface area contributed by atoms with Crippen LogP contribution in [0.1, 0.15) is 53.7 Å². The van der Waals surface area contributed by atoms with Gasteiger partial charge in [-0.05, 0) is 63.5 Å². The molecule has 1 N–H and O–H groups in total. The maximum absolute atomic E-state index is 12.7. The number of nitrogens with one attached hydrogen (secondary N) is 1. The summed E-state index contributed by atoms with van der Waals surface area (Å²) < 4.78 is 5.51. The molecule has 0 unspecified atom stereocenters. The molecule has 144 valence electrons. The van der Waals surface area contributed by atoms with Crippen molar-refractivity contribution < 1.29 is 9.53 Å². The number of carbonyl (C=O) groups is 1. The first-order valence-electron chi connectivity index (χ1n) is 9.99. The Kier molecular flexibility index (Phi) is 6.88. The number of amides is 1. The van der Waals surface area contributed by atoms with Gasteiger partial charge in [-0.25, -0.2) is 0 Å². The molecule has 1 amide bonds. The molecular weight excluding hydrogens is 336 g/mol. The molecule has 1 saturated heterocycles. The van der Waals surface area contributed by atoms with E-state index in [1.165, 1.54) is 30.4 Å². The summed E-state index contributed by atoms with van der Waals surface area (Å²) in [4.78, 5) is 15.2. The fraction of sp³-hybridized carbons (Fsp3) is 0.435. The van der Waals surface area contributed by atoms with Crippen LogP contribution in [-0.4, -0.2) is 37.0 Å². The molecule has 1 heterocycles. The Hall–Kier alpha value is -2.33. The summed E-state index contributed by atoms with van der Waals surface area (Å²) in [5.74, 6) is 0.682. The zero-order chi connectivity index (χ0) is 19.1. The molecule has 0 spiro atoms. The third-order valence-electron chi connectivity index (χ3n) is 5.16. The molecule has 1 aliphatic heterocycles. The third-order valence-corrected chi connectivity index (χ3v) is 5.16. The molecule has 0 saturated carbocycles. The molecule has 1 aliphatic rings. The number of rotatable bonds is 7. The lowest BCUT2D eigenvalue weighted by atomic mass is 10.0. The largest absolute Gasteiger partial charge is 0.494 e. The number of carbonyl (C=O) groups excluding carboxylic acids is 1. The fourth-order valence-corrected chi connectivity index (χ4v) is 3.66. The van der Waals surface area contributed by atoms with Gasteiger partial charge in [-0.1, -0.05) is 42.3 Å². The van der Waals surface area contributed by atoms with E-state index >= 15 is 0 Å². The van der Waals surface area contributed by atoms with E-state index in [4.69, 9.17) is 4.74 Å². The zero-order valence-corrected chi connectivity index (χ0v) is 16.4. The molecule has 0 aromatic heterocycles. The van der Waals surface area contributed by atoms with Gasteiger partial charge >= 0.3 is 0 Å². The highest BCUT2D eigenvalue weighted by Crippen LogP contribution is 2.25. The summed E-state index contributed by atoms with van der Waals surface area (Å²) in [6.45, 7) is 7.43. The van der Waals surface area contributed by atoms with Crippen molar-refractivity contribution in [1.29, 1.82) is 0 Å². The molecule has 2 aromatic rings. The van der Waals surface area contributed by atoms with Crippen LogP contribution in [-0.2, 0) is 0 Å². The van der Waals surface area contributed by atoms with Gasteiger partial charge < -0.3 is 10.1 Å². The predicted molar refractivity (Wildman–Crippen MR) is 109 cm³/mol. The average Bonchev–Trinajstić information content (AvgIpc) is 2.70. The summed E-state index contributed by atoms with van der Waals surface area (Å²) >= 11 is 0. The standard InChI is InChI=1S/C23H30N2O2/c1-3-27-21-9-7-8-20(16-21)23(26)24-17-22(25-14-5-4-6-15-25)19-12-10-18(2)11-13-19/h7-13,16,22H,3-6,14-15,17H2,1-2H3,(H,24,26)/t22-/m0/s1. The topological polar surface area (TPSA) is 41.6 Å². The van der Waals surface area contributed by atoms with Crippen molar-refractivity contribution in [1.82, 2.24) is 10.2 Å². The van der Waals surface area contributed by atoms with E-state index < -0.39 is 0 Å². The highest BCUT2D eigenvalue weighted by atomic mass is 16.5. The monoisotopic (exact) mass is 366 g/mol. The predicted octanol–water partition coefficient (Wildman–Crippen LogP) is 4.35. The molecular formula is C23H30N2O2. The van der Waals surface area contributed by atoms with Gasteiger partial charge in [-0.2, -0.15) is 0 Å². The second-order valence-electron chi connectivity index (χ2n) is 7.19. The number of likely N-dealkylation sites (tertiary alicyclic amines) is 1. The van der Waals surface area contributed by atoms with E-state index in [0.29, 0.717) is 18.7 Å².